The van der Waals surface area contributed by atoms with Crippen LogP contribution in [0.4, 0.5) is 0 Å². The van der Waals surface area contributed by atoms with Gasteiger partial charge in [0, 0.05) is 30.4 Å². The van der Waals surface area contributed by atoms with Crippen LogP contribution in [0.5, 0.6) is 0 Å². The molecule has 3 heterocycles. The van der Waals surface area contributed by atoms with Crippen molar-refractivity contribution in [1.29, 1.82) is 0 Å². The number of carboxylic acids is 1. The first kappa shape index (κ1) is 16.1. The third kappa shape index (κ3) is 3.27. The lowest BCUT2D eigenvalue weighted by atomic mass is 10.1. The van der Waals surface area contributed by atoms with Crippen molar-refractivity contribution < 1.29 is 18.3 Å². The van der Waals surface area contributed by atoms with Gasteiger partial charge in [0.25, 0.3) is 10.0 Å². The fourth-order valence-electron chi connectivity index (χ4n) is 2.46. The minimum absolute atomic E-state index is 0.0655. The summed E-state index contributed by atoms with van der Waals surface area (Å²) in [5.74, 6) is -1.20. The van der Waals surface area contributed by atoms with E-state index in [4.69, 9.17) is 0 Å². The Morgan fingerprint density at radius 2 is 2.30 bits per heavy atom. The Morgan fingerprint density at radius 1 is 1.48 bits per heavy atom. The molecule has 0 bridgehead atoms. The van der Waals surface area contributed by atoms with Crippen molar-refractivity contribution in [2.45, 2.75) is 23.7 Å². The van der Waals surface area contributed by atoms with E-state index in [1.54, 1.807) is 24.5 Å². The van der Waals surface area contributed by atoms with Gasteiger partial charge < -0.3 is 10.4 Å². The summed E-state index contributed by atoms with van der Waals surface area (Å²) in [5, 5.41) is 12.6. The molecule has 0 saturated carbocycles. The molecule has 0 amide bonds. The number of rotatable bonds is 5. The topological polar surface area (TPSA) is 108 Å². The van der Waals surface area contributed by atoms with Crippen molar-refractivity contribution in [3.8, 4) is 0 Å². The van der Waals surface area contributed by atoms with E-state index in [9.17, 15) is 18.3 Å². The van der Waals surface area contributed by atoms with E-state index in [1.807, 2.05) is 0 Å². The third-order valence-electron chi connectivity index (χ3n) is 3.54. The van der Waals surface area contributed by atoms with Crippen LogP contribution >= 0.6 is 11.3 Å². The van der Waals surface area contributed by atoms with Gasteiger partial charge in [-0.05, 0) is 30.2 Å². The van der Waals surface area contributed by atoms with Crippen molar-refractivity contribution in [3.63, 3.8) is 0 Å². The summed E-state index contributed by atoms with van der Waals surface area (Å²) in [4.78, 5) is 16.3. The van der Waals surface area contributed by atoms with Crippen LogP contribution in [-0.2, 0) is 29.5 Å². The summed E-state index contributed by atoms with van der Waals surface area (Å²) >= 11 is 1.02. The van der Waals surface area contributed by atoms with Gasteiger partial charge in [-0.2, -0.15) is 0 Å². The lowest BCUT2D eigenvalue weighted by Crippen LogP contribution is -2.25. The van der Waals surface area contributed by atoms with Crippen molar-refractivity contribution in [1.82, 2.24) is 15.0 Å². The fourth-order valence-corrected chi connectivity index (χ4v) is 5.38. The molecule has 3 rings (SSSR count). The van der Waals surface area contributed by atoms with E-state index in [0.29, 0.717) is 30.6 Å². The quantitative estimate of drug-likeness (QED) is 0.739. The van der Waals surface area contributed by atoms with Gasteiger partial charge >= 0.3 is 5.97 Å². The molecule has 2 aromatic heterocycles. The number of nitrogens with zero attached hydrogens (tertiary/aromatic N) is 1. The first-order valence-corrected chi connectivity index (χ1v) is 9.26. The fraction of sp³-hybridized carbons (Fsp3) is 0.286. The molecule has 0 atom stereocenters. The zero-order valence-electron chi connectivity index (χ0n) is 12.1. The average Bonchev–Trinajstić information content (AvgIpc) is 2.95. The summed E-state index contributed by atoms with van der Waals surface area (Å²) in [5.41, 5.74) is 1.24. The van der Waals surface area contributed by atoms with Crippen LogP contribution in [0, 0.1) is 0 Å². The van der Waals surface area contributed by atoms with Gasteiger partial charge in [0.1, 0.15) is 4.21 Å². The van der Waals surface area contributed by atoms with Gasteiger partial charge in [-0.1, -0.05) is 6.07 Å². The molecule has 7 nitrogen and oxygen atoms in total. The van der Waals surface area contributed by atoms with Gasteiger partial charge in [-0.15, -0.1) is 11.3 Å². The van der Waals surface area contributed by atoms with Gasteiger partial charge in [0.05, 0.1) is 5.56 Å². The number of aromatic carboxylic acids is 1. The highest BCUT2D eigenvalue weighted by Gasteiger charge is 2.31. The smallest absolute Gasteiger partial charge is 0.338 e. The molecule has 0 spiro atoms. The maximum absolute atomic E-state index is 12.5. The molecule has 23 heavy (non-hydrogen) atoms. The zero-order chi connectivity index (χ0) is 16.4. The van der Waals surface area contributed by atoms with Crippen LogP contribution < -0.4 is 10.0 Å². The Bertz CT molecular complexity index is 831. The van der Waals surface area contributed by atoms with Gasteiger partial charge in [-0.3, -0.25) is 4.98 Å². The number of pyridine rings is 1. The molecule has 1 aliphatic rings. The van der Waals surface area contributed by atoms with Crippen molar-refractivity contribution in [2.24, 2.45) is 0 Å². The highest BCUT2D eigenvalue weighted by atomic mass is 32.2. The van der Waals surface area contributed by atoms with Crippen LogP contribution in [0.15, 0.2) is 28.7 Å². The number of nitrogens with one attached hydrogen (secondary N) is 2. The molecule has 1 aliphatic heterocycles. The van der Waals surface area contributed by atoms with E-state index in [2.05, 4.69) is 15.0 Å². The lowest BCUT2D eigenvalue weighted by Gasteiger charge is -2.12. The van der Waals surface area contributed by atoms with E-state index < -0.39 is 16.0 Å². The number of aromatic nitrogens is 1. The van der Waals surface area contributed by atoms with Gasteiger partial charge in [-0.25, -0.2) is 17.9 Å². The molecule has 0 aliphatic carbocycles. The Kier molecular flexibility index (Phi) is 4.44. The molecule has 0 fully saturated rings. The Morgan fingerprint density at radius 3 is 3.00 bits per heavy atom. The number of hydrogen-bond acceptors (Lipinski definition) is 6. The molecular formula is C14H15N3O4S2. The molecular weight excluding hydrogens is 338 g/mol. The van der Waals surface area contributed by atoms with Crippen molar-refractivity contribution in [3.05, 3.63) is 46.1 Å². The van der Waals surface area contributed by atoms with Crippen LogP contribution in [0.3, 0.4) is 0 Å². The van der Waals surface area contributed by atoms with Crippen LogP contribution in [0.1, 0.15) is 26.4 Å². The second-order valence-corrected chi connectivity index (χ2v) is 8.15. The number of carbonyl (C=O) groups is 1. The Balaban J connectivity index is 1.93. The summed E-state index contributed by atoms with van der Waals surface area (Å²) in [7, 11) is -3.90. The Labute approximate surface area is 137 Å². The zero-order valence-corrected chi connectivity index (χ0v) is 13.7. The maximum atomic E-state index is 12.5. The van der Waals surface area contributed by atoms with Crippen LogP contribution in [0.2, 0.25) is 0 Å². The van der Waals surface area contributed by atoms with Gasteiger partial charge in [0.15, 0.2) is 0 Å². The predicted molar refractivity (Wildman–Crippen MR) is 85.0 cm³/mol. The molecule has 0 unspecified atom stereocenters. The molecule has 0 aromatic carbocycles. The third-order valence-corrected chi connectivity index (χ3v) is 6.69. The highest BCUT2D eigenvalue weighted by molar-refractivity contribution is 7.91. The number of sulfonamides is 1. The monoisotopic (exact) mass is 353 g/mol. The molecule has 0 radical (unpaired) electrons. The van der Waals surface area contributed by atoms with E-state index in [1.165, 1.54) is 0 Å². The number of fused-ring (bicyclic) bond motifs is 1. The number of hydrogen-bond donors (Lipinski definition) is 3. The standard InChI is InChI=1S/C14H15N3O4S2/c18-13(19)12-10-3-5-16-8-11(10)22-14(12)23(20,21)17-7-9-2-1-4-15-6-9/h1-2,4,6,16-17H,3,5,7-8H2,(H,18,19). The molecule has 3 N–H and O–H groups in total. The Hall–Kier alpha value is -1.81. The first-order valence-electron chi connectivity index (χ1n) is 6.96. The minimum atomic E-state index is -3.90. The second-order valence-electron chi connectivity index (χ2n) is 5.08. The SMILES string of the molecule is O=C(O)c1c(S(=O)(=O)NCc2cccnc2)sc2c1CCNC2. The van der Waals surface area contributed by atoms with E-state index in [0.717, 1.165) is 16.2 Å². The minimum Gasteiger partial charge on any atom is -0.478 e. The number of thiophene rings is 1. The highest BCUT2D eigenvalue weighted by Crippen LogP contribution is 2.34. The first-order chi connectivity index (χ1) is 11.0. The largest absolute Gasteiger partial charge is 0.478 e. The predicted octanol–water partition coefficient (Wildman–Crippen LogP) is 0.965. The lowest BCUT2D eigenvalue weighted by molar-refractivity contribution is 0.0692. The summed E-state index contributed by atoms with van der Waals surface area (Å²) in [6, 6.07) is 3.46. The molecule has 2 aromatic rings. The van der Waals surface area contributed by atoms with Crippen molar-refractivity contribution >= 4 is 27.3 Å². The molecule has 0 saturated heterocycles. The molecule has 9 heteroatoms. The maximum Gasteiger partial charge on any atom is 0.338 e. The van der Waals surface area contributed by atoms with Gasteiger partial charge in [0.2, 0.25) is 0 Å². The van der Waals surface area contributed by atoms with Crippen LogP contribution in [-0.4, -0.2) is 31.0 Å². The average molecular weight is 353 g/mol. The summed E-state index contributed by atoms with van der Waals surface area (Å²) in [6.07, 6.45) is 3.68. The molecule has 122 valence electrons. The summed E-state index contributed by atoms with van der Waals surface area (Å²) < 4.78 is 27.4. The normalized spacial score (nSPS) is 14.4. The van der Waals surface area contributed by atoms with Crippen LogP contribution in [0.25, 0.3) is 0 Å². The van der Waals surface area contributed by atoms with E-state index in [-0.39, 0.29) is 16.3 Å². The second kappa shape index (κ2) is 6.36. The van der Waals surface area contributed by atoms with E-state index >= 15 is 0 Å². The summed E-state index contributed by atoms with van der Waals surface area (Å²) in [6.45, 7) is 1.21. The number of carboxylic acid groups (broad SMARTS) is 1. The van der Waals surface area contributed by atoms with Crippen molar-refractivity contribution in [2.75, 3.05) is 6.54 Å².